The maximum absolute atomic E-state index is 12.7. The monoisotopic (exact) mass is 368 g/mol. The summed E-state index contributed by atoms with van der Waals surface area (Å²) in [5, 5.41) is 2.00. The summed E-state index contributed by atoms with van der Waals surface area (Å²) in [7, 11) is 0. The van der Waals surface area contributed by atoms with Crippen LogP contribution >= 0.6 is 11.3 Å². The van der Waals surface area contributed by atoms with Gasteiger partial charge >= 0.3 is 0 Å². The van der Waals surface area contributed by atoms with Crippen LogP contribution in [0.4, 0.5) is 0 Å². The molecular formula is C19H20N4O2S. The summed E-state index contributed by atoms with van der Waals surface area (Å²) in [6.45, 7) is 2.28. The molecule has 1 atom stereocenters. The summed E-state index contributed by atoms with van der Waals surface area (Å²) < 4.78 is 8.02. The van der Waals surface area contributed by atoms with Crippen LogP contribution in [0.2, 0.25) is 0 Å². The second kappa shape index (κ2) is 7.80. The molecule has 4 rings (SSSR count). The molecule has 0 N–H and O–H groups in total. The van der Waals surface area contributed by atoms with Crippen LogP contribution in [0.1, 0.15) is 22.2 Å². The molecule has 1 amide bonds. The molecule has 6 nitrogen and oxygen atoms in total. The molecule has 3 aromatic heterocycles. The molecule has 1 unspecified atom stereocenters. The van der Waals surface area contributed by atoms with Crippen molar-refractivity contribution in [2.45, 2.75) is 25.6 Å². The standard InChI is InChI=1S/C19H20N4O2S/c24-19(7-18-4-2-6-26-18)22-10-16-9-21-14-23(16)17(11-22)13-25-12-15-3-1-5-20-8-15/h1-6,8-9,14,17H,7,10-13H2. The van der Waals surface area contributed by atoms with Crippen molar-refractivity contribution >= 4 is 17.2 Å². The van der Waals surface area contributed by atoms with Gasteiger partial charge < -0.3 is 14.2 Å². The normalized spacial score (nSPS) is 16.5. The summed E-state index contributed by atoms with van der Waals surface area (Å²) in [5.74, 6) is 0.150. The van der Waals surface area contributed by atoms with Crippen LogP contribution in [0, 0.1) is 0 Å². The first kappa shape index (κ1) is 16.9. The number of hydrogen-bond acceptors (Lipinski definition) is 5. The van der Waals surface area contributed by atoms with Crippen molar-refractivity contribution in [3.8, 4) is 0 Å². The first-order valence-electron chi connectivity index (χ1n) is 8.57. The van der Waals surface area contributed by atoms with Crippen LogP contribution in [0.25, 0.3) is 0 Å². The van der Waals surface area contributed by atoms with Gasteiger partial charge in [0.2, 0.25) is 5.91 Å². The summed E-state index contributed by atoms with van der Waals surface area (Å²) in [4.78, 5) is 24.1. The van der Waals surface area contributed by atoms with E-state index in [2.05, 4.69) is 14.5 Å². The van der Waals surface area contributed by atoms with E-state index < -0.39 is 0 Å². The molecule has 3 aromatic rings. The van der Waals surface area contributed by atoms with Crippen molar-refractivity contribution in [1.82, 2.24) is 19.4 Å². The summed E-state index contributed by atoms with van der Waals surface area (Å²) in [6, 6.07) is 7.95. The molecule has 0 saturated carbocycles. The van der Waals surface area contributed by atoms with Crippen molar-refractivity contribution in [2.24, 2.45) is 0 Å². The van der Waals surface area contributed by atoms with Crippen LogP contribution in [-0.4, -0.2) is 38.5 Å². The molecule has 0 spiro atoms. The van der Waals surface area contributed by atoms with Crippen LogP contribution in [-0.2, 0) is 29.1 Å². The SMILES string of the molecule is O=C(Cc1cccs1)N1Cc2cncn2C(COCc2cccnc2)C1. The molecule has 1 aliphatic rings. The lowest BCUT2D eigenvalue weighted by atomic mass is 10.1. The van der Waals surface area contributed by atoms with Crippen molar-refractivity contribution in [3.63, 3.8) is 0 Å². The lowest BCUT2D eigenvalue weighted by Gasteiger charge is -2.34. The zero-order valence-electron chi connectivity index (χ0n) is 14.3. The number of nitrogens with zero attached hydrogens (tertiary/aromatic N) is 4. The number of rotatable bonds is 6. The third kappa shape index (κ3) is 3.84. The number of pyridine rings is 1. The first-order chi connectivity index (χ1) is 12.8. The van der Waals surface area contributed by atoms with Gasteiger partial charge in [-0.05, 0) is 23.1 Å². The quantitative estimate of drug-likeness (QED) is 0.671. The fraction of sp³-hybridized carbons (Fsp3) is 0.316. The van der Waals surface area contributed by atoms with E-state index in [0.29, 0.717) is 32.7 Å². The Balaban J connectivity index is 1.40. The number of imidazole rings is 1. The van der Waals surface area contributed by atoms with Gasteiger partial charge in [-0.3, -0.25) is 9.78 Å². The minimum Gasteiger partial charge on any atom is -0.374 e. The van der Waals surface area contributed by atoms with Gasteiger partial charge in [0, 0.05) is 30.0 Å². The number of thiophene rings is 1. The van der Waals surface area contributed by atoms with Gasteiger partial charge in [0.05, 0.1) is 44.2 Å². The highest BCUT2D eigenvalue weighted by atomic mass is 32.1. The van der Waals surface area contributed by atoms with Crippen LogP contribution in [0.5, 0.6) is 0 Å². The second-order valence-corrected chi connectivity index (χ2v) is 7.39. The lowest BCUT2D eigenvalue weighted by Crippen LogP contribution is -2.42. The molecule has 0 aromatic carbocycles. The van der Waals surface area contributed by atoms with Gasteiger partial charge in [0.1, 0.15) is 0 Å². The molecule has 0 radical (unpaired) electrons. The van der Waals surface area contributed by atoms with E-state index in [-0.39, 0.29) is 11.9 Å². The summed E-state index contributed by atoms with van der Waals surface area (Å²) in [6.07, 6.45) is 7.67. The maximum Gasteiger partial charge on any atom is 0.228 e. The number of ether oxygens (including phenoxy) is 1. The minimum atomic E-state index is 0.0743. The summed E-state index contributed by atoms with van der Waals surface area (Å²) >= 11 is 1.62. The number of carbonyl (C=O) groups excluding carboxylic acids is 1. The molecule has 0 saturated heterocycles. The van der Waals surface area contributed by atoms with Crippen molar-refractivity contribution in [1.29, 1.82) is 0 Å². The van der Waals surface area contributed by atoms with Gasteiger partial charge in [-0.25, -0.2) is 4.98 Å². The maximum atomic E-state index is 12.7. The Morgan fingerprint density at radius 2 is 2.23 bits per heavy atom. The second-order valence-electron chi connectivity index (χ2n) is 6.35. The lowest BCUT2D eigenvalue weighted by molar-refractivity contribution is -0.132. The largest absolute Gasteiger partial charge is 0.374 e. The number of aromatic nitrogens is 3. The van der Waals surface area contributed by atoms with E-state index in [1.807, 2.05) is 47.1 Å². The van der Waals surface area contributed by atoms with Crippen molar-refractivity contribution in [3.05, 3.63) is 70.7 Å². The zero-order chi connectivity index (χ0) is 17.8. The fourth-order valence-electron chi connectivity index (χ4n) is 3.18. The topological polar surface area (TPSA) is 60.2 Å². The van der Waals surface area contributed by atoms with Gasteiger partial charge in [-0.1, -0.05) is 12.1 Å². The van der Waals surface area contributed by atoms with E-state index in [1.165, 1.54) is 0 Å². The molecule has 7 heteroatoms. The molecule has 0 fully saturated rings. The number of amides is 1. The highest BCUT2D eigenvalue weighted by molar-refractivity contribution is 7.10. The molecule has 4 heterocycles. The Bertz CT molecular complexity index is 848. The van der Waals surface area contributed by atoms with Crippen molar-refractivity contribution < 1.29 is 9.53 Å². The Labute approximate surface area is 156 Å². The van der Waals surface area contributed by atoms with Crippen LogP contribution in [0.3, 0.4) is 0 Å². The molecule has 134 valence electrons. The van der Waals surface area contributed by atoms with Crippen LogP contribution in [0.15, 0.2) is 54.6 Å². The van der Waals surface area contributed by atoms with E-state index in [4.69, 9.17) is 4.74 Å². The van der Waals surface area contributed by atoms with Gasteiger partial charge in [-0.15, -0.1) is 11.3 Å². The number of hydrogen-bond donors (Lipinski definition) is 0. The van der Waals surface area contributed by atoms with E-state index >= 15 is 0 Å². The Hall–Kier alpha value is -2.51. The molecule has 26 heavy (non-hydrogen) atoms. The smallest absolute Gasteiger partial charge is 0.228 e. The van der Waals surface area contributed by atoms with E-state index in [9.17, 15) is 4.79 Å². The van der Waals surface area contributed by atoms with Gasteiger partial charge in [0.15, 0.2) is 0 Å². The average Bonchev–Trinajstić information content (AvgIpc) is 3.34. The van der Waals surface area contributed by atoms with E-state index in [1.54, 1.807) is 23.7 Å². The minimum absolute atomic E-state index is 0.0743. The third-order valence-corrected chi connectivity index (χ3v) is 5.36. The Morgan fingerprint density at radius 1 is 1.27 bits per heavy atom. The average molecular weight is 368 g/mol. The molecule has 1 aliphatic heterocycles. The van der Waals surface area contributed by atoms with Crippen molar-refractivity contribution in [2.75, 3.05) is 13.2 Å². The van der Waals surface area contributed by atoms with E-state index in [0.717, 1.165) is 16.1 Å². The first-order valence-corrected chi connectivity index (χ1v) is 9.45. The Kier molecular flexibility index (Phi) is 5.08. The Morgan fingerprint density at radius 3 is 3.04 bits per heavy atom. The zero-order valence-corrected chi connectivity index (χ0v) is 15.1. The fourth-order valence-corrected chi connectivity index (χ4v) is 3.87. The highest BCUT2D eigenvalue weighted by Crippen LogP contribution is 2.23. The third-order valence-electron chi connectivity index (χ3n) is 4.48. The number of fused-ring (bicyclic) bond motifs is 1. The molecular weight excluding hydrogens is 348 g/mol. The predicted octanol–water partition coefficient (Wildman–Crippen LogP) is 2.68. The number of carbonyl (C=O) groups is 1. The summed E-state index contributed by atoms with van der Waals surface area (Å²) in [5.41, 5.74) is 2.09. The molecule has 0 bridgehead atoms. The molecule has 0 aliphatic carbocycles. The van der Waals surface area contributed by atoms with Gasteiger partial charge in [0.25, 0.3) is 0 Å². The predicted molar refractivity (Wildman–Crippen MR) is 98.6 cm³/mol. The van der Waals surface area contributed by atoms with Crippen LogP contribution < -0.4 is 0 Å². The van der Waals surface area contributed by atoms with Gasteiger partial charge in [-0.2, -0.15) is 0 Å². The highest BCUT2D eigenvalue weighted by Gasteiger charge is 2.28.